The third-order valence-electron chi connectivity index (χ3n) is 4.01. The highest BCUT2D eigenvalue weighted by atomic mass is 16.6. The van der Waals surface area contributed by atoms with Gasteiger partial charge in [-0.2, -0.15) is 0 Å². The van der Waals surface area contributed by atoms with E-state index in [1.165, 1.54) is 12.3 Å². The molecule has 1 aliphatic heterocycles. The average molecular weight is 300 g/mol. The van der Waals surface area contributed by atoms with Crippen LogP contribution in [0.5, 0.6) is 0 Å². The van der Waals surface area contributed by atoms with Crippen molar-refractivity contribution in [2.45, 2.75) is 18.9 Å². The SMILES string of the molecule is CN1CCC(Nc2ccc([N+](=O)[O-])c3cnccc23)CC1=O. The van der Waals surface area contributed by atoms with Crippen LogP contribution in [0.25, 0.3) is 10.8 Å². The molecule has 114 valence electrons. The van der Waals surface area contributed by atoms with E-state index in [9.17, 15) is 14.9 Å². The number of benzene rings is 1. The molecule has 0 aliphatic carbocycles. The lowest BCUT2D eigenvalue weighted by Crippen LogP contribution is -2.41. The maximum absolute atomic E-state index is 11.8. The molecular weight excluding hydrogens is 284 g/mol. The van der Waals surface area contributed by atoms with E-state index >= 15 is 0 Å². The Hall–Kier alpha value is -2.70. The second kappa shape index (κ2) is 5.59. The number of aromatic nitrogens is 1. The number of anilines is 1. The van der Waals surface area contributed by atoms with Crippen LogP contribution in [0.15, 0.2) is 30.6 Å². The van der Waals surface area contributed by atoms with E-state index in [0.717, 1.165) is 17.5 Å². The van der Waals surface area contributed by atoms with Gasteiger partial charge in [-0.1, -0.05) is 0 Å². The molecule has 7 nitrogen and oxygen atoms in total. The number of nitrogens with one attached hydrogen (secondary N) is 1. The Labute approximate surface area is 127 Å². The zero-order valence-corrected chi connectivity index (χ0v) is 12.2. The molecule has 1 atom stereocenters. The highest BCUT2D eigenvalue weighted by molar-refractivity contribution is 5.99. The quantitative estimate of drug-likeness (QED) is 0.693. The third-order valence-corrected chi connectivity index (χ3v) is 4.01. The molecular formula is C15H16N4O3. The van der Waals surface area contributed by atoms with E-state index in [2.05, 4.69) is 10.3 Å². The van der Waals surface area contributed by atoms with E-state index in [1.807, 2.05) is 0 Å². The van der Waals surface area contributed by atoms with Crippen LogP contribution in [-0.4, -0.2) is 40.3 Å². The van der Waals surface area contributed by atoms with Crippen LogP contribution in [-0.2, 0) is 4.79 Å². The molecule has 3 rings (SSSR count). The molecule has 1 fully saturated rings. The Bertz CT molecular complexity index is 747. The van der Waals surface area contributed by atoms with Crippen LogP contribution < -0.4 is 5.32 Å². The molecule has 22 heavy (non-hydrogen) atoms. The summed E-state index contributed by atoms with van der Waals surface area (Å²) in [6.07, 6.45) is 4.39. The number of pyridine rings is 1. The average Bonchev–Trinajstić information content (AvgIpc) is 2.51. The highest BCUT2D eigenvalue weighted by Gasteiger charge is 2.24. The molecule has 1 aromatic carbocycles. The lowest BCUT2D eigenvalue weighted by atomic mass is 10.0. The lowest BCUT2D eigenvalue weighted by Gasteiger charge is -2.30. The van der Waals surface area contributed by atoms with Crippen LogP contribution in [0.2, 0.25) is 0 Å². The summed E-state index contributed by atoms with van der Waals surface area (Å²) >= 11 is 0. The first-order valence-corrected chi connectivity index (χ1v) is 7.08. The monoisotopic (exact) mass is 300 g/mol. The molecule has 1 N–H and O–H groups in total. The summed E-state index contributed by atoms with van der Waals surface area (Å²) in [5.41, 5.74) is 0.832. The number of non-ortho nitro benzene ring substituents is 1. The van der Waals surface area contributed by atoms with Crippen molar-refractivity contribution in [3.8, 4) is 0 Å². The maximum Gasteiger partial charge on any atom is 0.278 e. The van der Waals surface area contributed by atoms with Crippen molar-refractivity contribution in [3.63, 3.8) is 0 Å². The molecule has 0 radical (unpaired) electrons. The van der Waals surface area contributed by atoms with E-state index in [1.54, 1.807) is 30.3 Å². The van der Waals surface area contributed by atoms with Crippen LogP contribution >= 0.6 is 0 Å². The van der Waals surface area contributed by atoms with Crippen LogP contribution in [0.1, 0.15) is 12.8 Å². The Morgan fingerprint density at radius 1 is 1.36 bits per heavy atom. The summed E-state index contributed by atoms with van der Waals surface area (Å²) in [5.74, 6) is 0.108. The molecule has 0 bridgehead atoms. The predicted molar refractivity (Wildman–Crippen MR) is 82.7 cm³/mol. The molecule has 7 heteroatoms. The number of nitro groups is 1. The summed E-state index contributed by atoms with van der Waals surface area (Å²) in [7, 11) is 1.80. The van der Waals surface area contributed by atoms with Gasteiger partial charge in [0, 0.05) is 55.6 Å². The number of fused-ring (bicyclic) bond motifs is 1. The smallest absolute Gasteiger partial charge is 0.278 e. The normalized spacial score (nSPS) is 18.5. The Balaban J connectivity index is 1.93. The minimum Gasteiger partial charge on any atom is -0.381 e. The zero-order chi connectivity index (χ0) is 15.7. The van der Waals surface area contributed by atoms with Gasteiger partial charge in [0.05, 0.1) is 10.3 Å². The van der Waals surface area contributed by atoms with E-state index in [0.29, 0.717) is 18.4 Å². The molecule has 1 aromatic heterocycles. The Kier molecular flexibility index (Phi) is 3.62. The van der Waals surface area contributed by atoms with E-state index < -0.39 is 4.92 Å². The number of hydrogen-bond donors (Lipinski definition) is 1. The van der Waals surface area contributed by atoms with Gasteiger partial charge in [0.2, 0.25) is 5.91 Å². The van der Waals surface area contributed by atoms with Gasteiger partial charge in [0.15, 0.2) is 0 Å². The first-order chi connectivity index (χ1) is 10.6. The summed E-state index contributed by atoms with van der Waals surface area (Å²) < 4.78 is 0. The second-order valence-electron chi connectivity index (χ2n) is 5.46. The third kappa shape index (κ3) is 2.57. The summed E-state index contributed by atoms with van der Waals surface area (Å²) in [6, 6.07) is 4.97. The predicted octanol–water partition coefficient (Wildman–Crippen LogP) is 2.18. The first kappa shape index (κ1) is 14.2. The maximum atomic E-state index is 11.8. The van der Waals surface area contributed by atoms with Gasteiger partial charge in [-0.05, 0) is 18.6 Å². The van der Waals surface area contributed by atoms with E-state index in [4.69, 9.17) is 0 Å². The number of carbonyl (C=O) groups excluding carboxylic acids is 1. The van der Waals surface area contributed by atoms with Gasteiger partial charge in [0.1, 0.15) is 0 Å². The van der Waals surface area contributed by atoms with Crippen molar-refractivity contribution in [2.24, 2.45) is 0 Å². The topological polar surface area (TPSA) is 88.4 Å². The number of piperidine rings is 1. The fourth-order valence-electron chi connectivity index (χ4n) is 2.75. The number of amides is 1. The van der Waals surface area contributed by atoms with Crippen molar-refractivity contribution in [1.29, 1.82) is 0 Å². The number of nitrogens with zero attached hydrogens (tertiary/aromatic N) is 3. The number of carbonyl (C=O) groups is 1. The van der Waals surface area contributed by atoms with E-state index in [-0.39, 0.29) is 17.6 Å². The zero-order valence-electron chi connectivity index (χ0n) is 12.2. The molecule has 2 heterocycles. The van der Waals surface area contributed by atoms with Gasteiger partial charge >= 0.3 is 0 Å². The van der Waals surface area contributed by atoms with Crippen LogP contribution in [0.3, 0.4) is 0 Å². The number of rotatable bonds is 3. The van der Waals surface area contributed by atoms with Crippen LogP contribution in [0.4, 0.5) is 11.4 Å². The Morgan fingerprint density at radius 3 is 2.91 bits per heavy atom. The summed E-state index contributed by atoms with van der Waals surface area (Å²) in [6.45, 7) is 0.711. The fraction of sp³-hybridized carbons (Fsp3) is 0.333. The second-order valence-corrected chi connectivity index (χ2v) is 5.46. The molecule has 1 unspecified atom stereocenters. The van der Waals surface area contributed by atoms with Gasteiger partial charge in [-0.25, -0.2) is 0 Å². The van der Waals surface area contributed by atoms with Gasteiger partial charge in [0.25, 0.3) is 5.69 Å². The van der Waals surface area contributed by atoms with Gasteiger partial charge in [-0.15, -0.1) is 0 Å². The van der Waals surface area contributed by atoms with Crippen molar-refractivity contribution in [3.05, 3.63) is 40.7 Å². The molecule has 1 saturated heterocycles. The molecule has 1 aliphatic rings. The number of hydrogen-bond acceptors (Lipinski definition) is 5. The Morgan fingerprint density at radius 2 is 2.18 bits per heavy atom. The molecule has 2 aromatic rings. The first-order valence-electron chi connectivity index (χ1n) is 7.08. The van der Waals surface area contributed by atoms with Gasteiger partial charge < -0.3 is 10.2 Å². The van der Waals surface area contributed by atoms with Crippen molar-refractivity contribution >= 4 is 28.1 Å². The standard InChI is InChI=1S/C15H16N4O3/c1-18-7-5-10(8-15(18)20)17-13-2-3-14(19(21)22)12-9-16-6-4-11(12)13/h2-4,6,9-10,17H,5,7-8H2,1H3. The minimum absolute atomic E-state index is 0.0353. The van der Waals surface area contributed by atoms with Gasteiger partial charge in [-0.3, -0.25) is 19.9 Å². The van der Waals surface area contributed by atoms with Crippen molar-refractivity contribution in [2.75, 3.05) is 18.9 Å². The summed E-state index contributed by atoms with van der Waals surface area (Å²) in [4.78, 5) is 28.2. The fourth-order valence-corrected chi connectivity index (χ4v) is 2.75. The largest absolute Gasteiger partial charge is 0.381 e. The number of likely N-dealkylation sites (tertiary alicyclic amines) is 1. The molecule has 0 spiro atoms. The van der Waals surface area contributed by atoms with Crippen LogP contribution in [0, 0.1) is 10.1 Å². The highest BCUT2D eigenvalue weighted by Crippen LogP contribution is 2.31. The number of nitro benzene ring substituents is 1. The minimum atomic E-state index is -0.410. The van der Waals surface area contributed by atoms with Crippen molar-refractivity contribution < 1.29 is 9.72 Å². The summed E-state index contributed by atoms with van der Waals surface area (Å²) in [5, 5.41) is 15.7. The lowest BCUT2D eigenvalue weighted by molar-refractivity contribution is -0.383. The molecule has 1 amide bonds. The van der Waals surface area contributed by atoms with Crippen molar-refractivity contribution in [1.82, 2.24) is 9.88 Å². The molecule has 0 saturated carbocycles.